The van der Waals surface area contributed by atoms with Gasteiger partial charge in [-0.15, -0.1) is 0 Å². The van der Waals surface area contributed by atoms with Crippen LogP contribution >= 0.6 is 0 Å². The maximum atomic E-state index is 10.9. The van der Waals surface area contributed by atoms with Crippen molar-refractivity contribution in [1.29, 1.82) is 0 Å². The van der Waals surface area contributed by atoms with E-state index in [1.165, 1.54) is 14.0 Å². The quantitative estimate of drug-likeness (QED) is 0.447. The third-order valence-electron chi connectivity index (χ3n) is 2.47. The number of carbonyl (C=O) groups is 2. The zero-order valence-electron chi connectivity index (χ0n) is 10.2. The minimum Gasteiger partial charge on any atom is -0.493 e. The van der Waals surface area contributed by atoms with Crippen molar-refractivity contribution in [2.75, 3.05) is 7.11 Å². The van der Waals surface area contributed by atoms with Gasteiger partial charge in [-0.3, -0.25) is 4.79 Å². The van der Waals surface area contributed by atoms with Gasteiger partial charge in [0.25, 0.3) is 0 Å². The second-order valence-corrected chi connectivity index (χ2v) is 3.65. The molecule has 4 heteroatoms. The molecule has 1 aromatic carbocycles. The zero-order chi connectivity index (χ0) is 12.8. The highest BCUT2D eigenvalue weighted by Crippen LogP contribution is 2.31. The molecule has 0 fully saturated rings. The molecule has 1 aromatic rings. The molecule has 0 saturated heterocycles. The molecule has 17 heavy (non-hydrogen) atoms. The Morgan fingerprint density at radius 2 is 2.12 bits per heavy atom. The van der Waals surface area contributed by atoms with Gasteiger partial charge in [0, 0.05) is 12.8 Å². The minimum atomic E-state index is -0.404. The van der Waals surface area contributed by atoms with Crippen molar-refractivity contribution < 1.29 is 19.1 Å². The van der Waals surface area contributed by atoms with Crippen LogP contribution < -0.4 is 9.47 Å². The molecule has 0 spiro atoms. The number of esters is 1. The van der Waals surface area contributed by atoms with Gasteiger partial charge in [0.05, 0.1) is 7.11 Å². The lowest BCUT2D eigenvalue weighted by atomic mass is 9.98. The standard InChI is InChI=1S/C13H16O4/c1-4-10(8-14)11-5-6-12(17-9(2)15)13(7-11)16-3/h5-8,10H,4H2,1-3H3. The van der Waals surface area contributed by atoms with Gasteiger partial charge in [-0.1, -0.05) is 13.0 Å². The monoisotopic (exact) mass is 236 g/mol. The van der Waals surface area contributed by atoms with Crippen molar-refractivity contribution in [2.24, 2.45) is 0 Å². The number of methoxy groups -OCH3 is 1. The number of benzene rings is 1. The van der Waals surface area contributed by atoms with Crippen LogP contribution in [0.1, 0.15) is 31.7 Å². The maximum Gasteiger partial charge on any atom is 0.308 e. The van der Waals surface area contributed by atoms with Gasteiger partial charge in [-0.2, -0.15) is 0 Å². The number of aldehydes is 1. The number of hydrogen-bond acceptors (Lipinski definition) is 4. The van der Waals surface area contributed by atoms with Crippen LogP contribution in [0.4, 0.5) is 0 Å². The molecule has 92 valence electrons. The molecule has 0 heterocycles. The van der Waals surface area contributed by atoms with Crippen LogP contribution in [0.25, 0.3) is 0 Å². The van der Waals surface area contributed by atoms with Crippen LogP contribution in [0, 0.1) is 0 Å². The molecule has 1 atom stereocenters. The van der Waals surface area contributed by atoms with E-state index < -0.39 is 5.97 Å². The van der Waals surface area contributed by atoms with Gasteiger partial charge in [0.2, 0.25) is 0 Å². The summed E-state index contributed by atoms with van der Waals surface area (Å²) < 4.78 is 10.1. The fourth-order valence-corrected chi connectivity index (χ4v) is 1.56. The summed E-state index contributed by atoms with van der Waals surface area (Å²) in [4.78, 5) is 21.8. The lowest BCUT2D eigenvalue weighted by Crippen LogP contribution is -2.04. The smallest absolute Gasteiger partial charge is 0.308 e. The Morgan fingerprint density at radius 1 is 1.41 bits per heavy atom. The third-order valence-corrected chi connectivity index (χ3v) is 2.47. The van der Waals surface area contributed by atoms with E-state index in [1.807, 2.05) is 6.92 Å². The predicted octanol–water partition coefficient (Wildman–Crippen LogP) is 2.31. The first kappa shape index (κ1) is 13.2. The van der Waals surface area contributed by atoms with Gasteiger partial charge in [-0.05, 0) is 24.1 Å². The summed E-state index contributed by atoms with van der Waals surface area (Å²) in [5, 5.41) is 0. The SMILES string of the molecule is CCC(C=O)c1ccc(OC(C)=O)c(OC)c1. The third kappa shape index (κ3) is 3.31. The Balaban J connectivity index is 3.07. The molecular weight excluding hydrogens is 220 g/mol. The summed E-state index contributed by atoms with van der Waals surface area (Å²) in [6, 6.07) is 5.13. The van der Waals surface area contributed by atoms with Crippen molar-refractivity contribution in [3.8, 4) is 11.5 Å². The van der Waals surface area contributed by atoms with Crippen molar-refractivity contribution in [2.45, 2.75) is 26.2 Å². The van der Waals surface area contributed by atoms with E-state index >= 15 is 0 Å². The Hall–Kier alpha value is -1.84. The Morgan fingerprint density at radius 3 is 2.59 bits per heavy atom. The lowest BCUT2D eigenvalue weighted by molar-refractivity contribution is -0.132. The summed E-state index contributed by atoms with van der Waals surface area (Å²) in [5.41, 5.74) is 0.857. The van der Waals surface area contributed by atoms with E-state index in [2.05, 4.69) is 0 Å². The first-order valence-electron chi connectivity index (χ1n) is 5.44. The van der Waals surface area contributed by atoms with E-state index in [4.69, 9.17) is 9.47 Å². The molecule has 0 N–H and O–H groups in total. The molecule has 0 amide bonds. The highest BCUT2D eigenvalue weighted by molar-refractivity contribution is 5.71. The van der Waals surface area contributed by atoms with Crippen molar-refractivity contribution in [3.63, 3.8) is 0 Å². The van der Waals surface area contributed by atoms with E-state index in [0.29, 0.717) is 11.5 Å². The summed E-state index contributed by atoms with van der Waals surface area (Å²) in [6.07, 6.45) is 1.62. The number of rotatable bonds is 5. The van der Waals surface area contributed by atoms with Gasteiger partial charge in [-0.25, -0.2) is 0 Å². The fraction of sp³-hybridized carbons (Fsp3) is 0.385. The highest BCUT2D eigenvalue weighted by atomic mass is 16.6. The molecule has 4 nitrogen and oxygen atoms in total. The van der Waals surface area contributed by atoms with Gasteiger partial charge < -0.3 is 14.3 Å². The van der Waals surface area contributed by atoms with Crippen LogP contribution in [0.5, 0.6) is 11.5 Å². The summed E-state index contributed by atoms with van der Waals surface area (Å²) in [5.74, 6) is 0.260. The average molecular weight is 236 g/mol. The van der Waals surface area contributed by atoms with Crippen LogP contribution in [-0.4, -0.2) is 19.4 Å². The maximum absolute atomic E-state index is 10.9. The van der Waals surface area contributed by atoms with Crippen LogP contribution in [-0.2, 0) is 9.59 Å². The Labute approximate surface area is 101 Å². The molecule has 0 bridgehead atoms. The van der Waals surface area contributed by atoms with E-state index in [9.17, 15) is 9.59 Å². The van der Waals surface area contributed by atoms with E-state index in [0.717, 1.165) is 18.3 Å². The van der Waals surface area contributed by atoms with Crippen molar-refractivity contribution >= 4 is 12.3 Å². The predicted molar refractivity (Wildman–Crippen MR) is 63.4 cm³/mol. The Bertz CT molecular complexity index is 412. The summed E-state index contributed by atoms with van der Waals surface area (Å²) in [6.45, 7) is 3.26. The van der Waals surface area contributed by atoms with E-state index in [-0.39, 0.29) is 5.92 Å². The van der Waals surface area contributed by atoms with Crippen LogP contribution in [0.15, 0.2) is 18.2 Å². The topological polar surface area (TPSA) is 52.6 Å². The highest BCUT2D eigenvalue weighted by Gasteiger charge is 2.13. The fourth-order valence-electron chi connectivity index (χ4n) is 1.56. The second-order valence-electron chi connectivity index (χ2n) is 3.65. The molecule has 0 aliphatic carbocycles. The number of ether oxygens (including phenoxy) is 2. The molecule has 0 aromatic heterocycles. The first-order chi connectivity index (χ1) is 8.12. The van der Waals surface area contributed by atoms with Gasteiger partial charge in [0.15, 0.2) is 11.5 Å². The molecular formula is C13H16O4. The minimum absolute atomic E-state index is 0.157. The second kappa shape index (κ2) is 6.03. The largest absolute Gasteiger partial charge is 0.493 e. The van der Waals surface area contributed by atoms with Crippen molar-refractivity contribution in [1.82, 2.24) is 0 Å². The van der Waals surface area contributed by atoms with Crippen LogP contribution in [0.2, 0.25) is 0 Å². The Kier molecular flexibility index (Phi) is 4.69. The molecule has 0 aliphatic heterocycles. The lowest BCUT2D eigenvalue weighted by Gasteiger charge is -2.12. The summed E-state index contributed by atoms with van der Waals surface area (Å²) >= 11 is 0. The average Bonchev–Trinajstić information content (AvgIpc) is 2.31. The van der Waals surface area contributed by atoms with E-state index in [1.54, 1.807) is 18.2 Å². The normalized spacial score (nSPS) is 11.7. The molecule has 0 radical (unpaired) electrons. The van der Waals surface area contributed by atoms with Gasteiger partial charge >= 0.3 is 5.97 Å². The number of carbonyl (C=O) groups excluding carboxylic acids is 2. The first-order valence-corrected chi connectivity index (χ1v) is 5.44. The van der Waals surface area contributed by atoms with Crippen LogP contribution in [0.3, 0.4) is 0 Å². The molecule has 0 aliphatic rings. The van der Waals surface area contributed by atoms with Crippen molar-refractivity contribution in [3.05, 3.63) is 23.8 Å². The molecule has 1 rings (SSSR count). The van der Waals surface area contributed by atoms with Gasteiger partial charge in [0.1, 0.15) is 6.29 Å². The zero-order valence-corrected chi connectivity index (χ0v) is 10.2. The molecule has 0 saturated carbocycles. The summed E-state index contributed by atoms with van der Waals surface area (Å²) in [7, 11) is 1.49. The molecule has 1 unspecified atom stereocenters. The number of hydrogen-bond donors (Lipinski definition) is 0.